The second kappa shape index (κ2) is 18.6. The van der Waals surface area contributed by atoms with Crippen LogP contribution >= 0.6 is 0 Å². The van der Waals surface area contributed by atoms with Crippen molar-refractivity contribution in [2.24, 2.45) is 0 Å². The Labute approximate surface area is 250 Å². The van der Waals surface area contributed by atoms with Gasteiger partial charge in [-0.3, -0.25) is 19.2 Å². The topological polar surface area (TPSA) is 402 Å². The third kappa shape index (κ3) is 19.4. The van der Waals surface area contributed by atoms with Crippen molar-refractivity contribution < 1.29 is 104 Å². The van der Waals surface area contributed by atoms with Gasteiger partial charge in [-0.1, -0.05) is 0 Å². The number of carbonyl (C=O) groups is 9. The van der Waals surface area contributed by atoms with Crippen molar-refractivity contribution in [1.82, 2.24) is 0 Å². The van der Waals surface area contributed by atoms with Crippen molar-refractivity contribution in [3.63, 3.8) is 0 Å². The Balaban J connectivity index is -0.000000240. The van der Waals surface area contributed by atoms with E-state index in [2.05, 4.69) is 0 Å². The van der Waals surface area contributed by atoms with Crippen LogP contribution in [0, 0.1) is 0 Å². The second-order valence-electron chi connectivity index (χ2n) is 7.39. The maximum atomic E-state index is 10.3. The minimum Gasteiger partial charge on any atom is -0.550 e. The van der Waals surface area contributed by atoms with E-state index in [0.717, 1.165) is 0 Å². The minimum absolute atomic E-state index is 0. The van der Waals surface area contributed by atoms with Gasteiger partial charge in [-0.25, -0.2) is 14.4 Å². The van der Waals surface area contributed by atoms with Gasteiger partial charge in [0, 0.05) is 24.8 Å². The molecule has 0 aromatic rings. The zero-order chi connectivity index (χ0) is 31.9. The van der Waals surface area contributed by atoms with Gasteiger partial charge < -0.3 is 70.9 Å². The maximum absolute atomic E-state index is 10.3. The van der Waals surface area contributed by atoms with Crippen molar-refractivity contribution in [1.29, 1.82) is 0 Å². The smallest absolute Gasteiger partial charge is 0.550 e. The van der Waals surface area contributed by atoms with Gasteiger partial charge in [0.15, 0.2) is 16.8 Å². The molecule has 0 rings (SSSR count). The first-order valence-electron chi connectivity index (χ1n) is 9.47. The van der Waals surface area contributed by atoms with Gasteiger partial charge in [-0.2, -0.15) is 0 Å². The monoisotopic (exact) mass is 614 g/mol. The summed E-state index contributed by atoms with van der Waals surface area (Å²) in [7, 11) is 0. The Hall–Kier alpha value is -3.63. The van der Waals surface area contributed by atoms with Crippen molar-refractivity contribution in [3.8, 4) is 0 Å². The zero-order valence-corrected chi connectivity index (χ0v) is 22.1. The average molecular weight is 614 g/mol. The summed E-state index contributed by atoms with van der Waals surface area (Å²) in [6.07, 6.45) is -7.17. The molecule has 22 heteroatoms. The fourth-order valence-corrected chi connectivity index (χ4v) is 2.12. The molecule has 0 unspecified atom stereocenters. The first-order valence-corrected chi connectivity index (χ1v) is 9.47. The Morgan fingerprint density at radius 3 is 0.650 bits per heavy atom. The van der Waals surface area contributed by atoms with E-state index >= 15 is 0 Å². The molecule has 0 aliphatic heterocycles. The molecule has 222 valence electrons. The van der Waals surface area contributed by atoms with E-state index in [0.29, 0.717) is 0 Å². The standard InChI is InChI=1S/3C6H8O7.Ca/c3*7-3(8)1-6(13,5(11)12)2-4(9)10;/h3*13H,1-2H2,(H,7,8)(H,9,10)(H,11,12);/q;;;+2/p-2. The molecular weight excluding hydrogens is 592 g/mol. The Bertz CT molecular complexity index is 812. The molecule has 0 saturated carbocycles. The van der Waals surface area contributed by atoms with E-state index in [1.54, 1.807) is 0 Å². The van der Waals surface area contributed by atoms with E-state index < -0.39 is 109 Å². The van der Waals surface area contributed by atoms with E-state index in [4.69, 9.17) is 51.1 Å². The third-order valence-corrected chi connectivity index (χ3v) is 3.84. The molecule has 0 aliphatic rings. The van der Waals surface area contributed by atoms with Crippen LogP contribution in [0.1, 0.15) is 38.5 Å². The number of rotatable bonds is 15. The molecule has 0 saturated heterocycles. The van der Waals surface area contributed by atoms with Gasteiger partial charge in [0.1, 0.15) is 0 Å². The molecule has 40 heavy (non-hydrogen) atoms. The molecular formula is C18H22CaO21. The predicted molar refractivity (Wildman–Crippen MR) is 112 cm³/mol. The molecule has 0 aliphatic carbocycles. The van der Waals surface area contributed by atoms with Gasteiger partial charge in [0.05, 0.1) is 25.7 Å². The Morgan fingerprint density at radius 1 is 0.400 bits per heavy atom. The average Bonchev–Trinajstić information content (AvgIpc) is 2.64. The number of hydrogen-bond donors (Lipinski definition) is 10. The zero-order valence-electron chi connectivity index (χ0n) is 19.9. The number of hydrogen-bond acceptors (Lipinski definition) is 14. The first kappa shape index (κ1) is 43.4. The van der Waals surface area contributed by atoms with Gasteiger partial charge >= 0.3 is 79.5 Å². The fourth-order valence-electron chi connectivity index (χ4n) is 2.12. The van der Waals surface area contributed by atoms with Crippen LogP contribution in [0.2, 0.25) is 0 Å². The molecule has 10 N–H and O–H groups in total. The summed E-state index contributed by atoms with van der Waals surface area (Å²) in [4.78, 5) is 91.1. The molecule has 0 fully saturated rings. The van der Waals surface area contributed by atoms with Crippen molar-refractivity contribution in [2.45, 2.75) is 55.3 Å². The number of carboxylic acid groups (broad SMARTS) is 9. The fraction of sp³-hybridized carbons (Fsp3) is 0.500. The van der Waals surface area contributed by atoms with Crippen molar-refractivity contribution >= 4 is 91.5 Å². The Kier molecular flexibility index (Phi) is 20.2. The molecule has 0 bridgehead atoms. The summed E-state index contributed by atoms with van der Waals surface area (Å²) in [5, 5.41) is 105. The molecule has 21 nitrogen and oxygen atoms in total. The van der Waals surface area contributed by atoms with Crippen LogP contribution in [0.4, 0.5) is 0 Å². The molecule has 0 aromatic heterocycles. The summed E-state index contributed by atoms with van der Waals surface area (Å²) in [6, 6.07) is 0. The van der Waals surface area contributed by atoms with E-state index in [1.165, 1.54) is 0 Å². The molecule has 0 atom stereocenters. The van der Waals surface area contributed by atoms with Crippen LogP contribution in [-0.2, 0) is 43.2 Å². The van der Waals surface area contributed by atoms with Crippen molar-refractivity contribution in [2.75, 3.05) is 0 Å². The minimum atomic E-state index is -2.86. The SMILES string of the molecule is O=C(O)CC(O)(CC(=O)O)C(=O)O.O=C(O)CC(O)(CC(=O)O)C(=O)O.O=C([O-])CC(O)(CC(=O)[O-])C(=O)O.[Ca+2]. The summed E-state index contributed by atoms with van der Waals surface area (Å²) in [6.45, 7) is 0. The number of aliphatic carboxylic acids is 9. The number of carbonyl (C=O) groups excluding carboxylic acids is 2. The third-order valence-electron chi connectivity index (χ3n) is 3.84. The Morgan fingerprint density at radius 2 is 0.550 bits per heavy atom. The summed E-state index contributed by atoms with van der Waals surface area (Å²) < 4.78 is 0. The molecule has 0 radical (unpaired) electrons. The van der Waals surface area contributed by atoms with Crippen LogP contribution < -0.4 is 10.2 Å². The van der Waals surface area contributed by atoms with Crippen LogP contribution in [0.3, 0.4) is 0 Å². The van der Waals surface area contributed by atoms with Gasteiger partial charge in [0.2, 0.25) is 0 Å². The summed E-state index contributed by atoms with van der Waals surface area (Å²) in [5.74, 6) is -15.7. The molecule has 0 amide bonds. The van der Waals surface area contributed by atoms with E-state index in [-0.39, 0.29) is 37.7 Å². The van der Waals surface area contributed by atoms with Crippen molar-refractivity contribution in [3.05, 3.63) is 0 Å². The van der Waals surface area contributed by atoms with Crippen LogP contribution in [-0.4, -0.2) is 159 Å². The largest absolute Gasteiger partial charge is 2.00 e. The van der Waals surface area contributed by atoms with Crippen LogP contribution in [0.5, 0.6) is 0 Å². The first-order chi connectivity index (χ1) is 17.3. The quantitative estimate of drug-likeness (QED) is 0.0766. The predicted octanol–water partition coefficient (Wildman–Crippen LogP) is -6.80. The van der Waals surface area contributed by atoms with E-state index in [1.807, 2.05) is 0 Å². The number of carboxylic acids is 9. The number of aliphatic hydroxyl groups is 3. The van der Waals surface area contributed by atoms with Crippen LogP contribution in [0.25, 0.3) is 0 Å². The molecule has 0 spiro atoms. The van der Waals surface area contributed by atoms with E-state index in [9.17, 15) is 53.4 Å². The van der Waals surface area contributed by atoms with Gasteiger partial charge in [0.25, 0.3) is 0 Å². The van der Waals surface area contributed by atoms with Crippen LogP contribution in [0.15, 0.2) is 0 Å². The molecule has 0 heterocycles. The normalized spacial score (nSPS) is 10.6. The summed E-state index contributed by atoms with van der Waals surface area (Å²) in [5.41, 5.74) is -8.34. The van der Waals surface area contributed by atoms with Gasteiger partial charge in [-0.05, 0) is 0 Å². The van der Waals surface area contributed by atoms with Gasteiger partial charge in [-0.15, -0.1) is 0 Å². The summed E-state index contributed by atoms with van der Waals surface area (Å²) >= 11 is 0. The second-order valence-corrected chi connectivity index (χ2v) is 7.39. The molecule has 0 aromatic carbocycles. The maximum Gasteiger partial charge on any atom is 2.00 e.